The summed E-state index contributed by atoms with van der Waals surface area (Å²) in [4.78, 5) is -0.612. The topological polar surface area (TPSA) is 87.8 Å². The number of nitrogens with one attached hydrogen (secondary N) is 1. The average Bonchev–Trinajstić information content (AvgIpc) is 2.71. The Morgan fingerprint density at radius 2 is 2.20 bits per heavy atom. The van der Waals surface area contributed by atoms with Crippen LogP contribution in [0.5, 0.6) is 0 Å². The van der Waals surface area contributed by atoms with E-state index in [4.69, 9.17) is 16.9 Å². The highest BCUT2D eigenvalue weighted by molar-refractivity contribution is 7.92. The lowest BCUT2D eigenvalue weighted by Gasteiger charge is -2.07. The molecule has 1 aromatic carbocycles. The monoisotopic (exact) mass is 314 g/mol. The Labute approximate surface area is 119 Å². The number of aromatic nitrogens is 2. The molecule has 1 heterocycles. The number of halogens is 2. The number of nitrogens with zero attached hydrogens (tertiary/aromatic N) is 3. The summed E-state index contributed by atoms with van der Waals surface area (Å²) in [6.45, 7) is 0. The van der Waals surface area contributed by atoms with Crippen molar-refractivity contribution in [2.45, 2.75) is 4.90 Å². The van der Waals surface area contributed by atoms with E-state index in [1.807, 2.05) is 0 Å². The van der Waals surface area contributed by atoms with E-state index in [1.165, 1.54) is 30.1 Å². The first-order valence-corrected chi connectivity index (χ1v) is 7.12. The molecular weight excluding hydrogens is 307 g/mol. The third kappa shape index (κ3) is 2.59. The van der Waals surface area contributed by atoms with Crippen molar-refractivity contribution in [3.05, 3.63) is 40.8 Å². The number of nitriles is 1. The maximum absolute atomic E-state index is 13.7. The molecular formula is C11H8ClFN4O2S. The number of hydrogen-bond acceptors (Lipinski definition) is 4. The van der Waals surface area contributed by atoms with Crippen molar-refractivity contribution in [2.75, 3.05) is 4.72 Å². The van der Waals surface area contributed by atoms with Gasteiger partial charge in [-0.25, -0.2) is 12.8 Å². The molecule has 2 aromatic rings. The average molecular weight is 315 g/mol. The van der Waals surface area contributed by atoms with Crippen molar-refractivity contribution in [2.24, 2.45) is 7.05 Å². The zero-order valence-electron chi connectivity index (χ0n) is 10.1. The van der Waals surface area contributed by atoms with Crippen molar-refractivity contribution < 1.29 is 12.8 Å². The van der Waals surface area contributed by atoms with Crippen LogP contribution >= 0.6 is 11.6 Å². The van der Waals surface area contributed by atoms with Gasteiger partial charge in [0.1, 0.15) is 16.5 Å². The Morgan fingerprint density at radius 1 is 1.50 bits per heavy atom. The van der Waals surface area contributed by atoms with Gasteiger partial charge in [0.15, 0.2) is 11.6 Å². The maximum atomic E-state index is 13.7. The summed E-state index contributed by atoms with van der Waals surface area (Å²) in [5, 5.41) is 12.3. The second-order valence-corrected chi connectivity index (χ2v) is 5.89. The molecule has 0 fully saturated rings. The van der Waals surface area contributed by atoms with Crippen molar-refractivity contribution in [1.29, 1.82) is 5.26 Å². The summed E-state index contributed by atoms with van der Waals surface area (Å²) in [5.41, 5.74) is 0.0264. The zero-order valence-corrected chi connectivity index (χ0v) is 11.7. The minimum absolute atomic E-state index is 0.0264. The van der Waals surface area contributed by atoms with Gasteiger partial charge in [0.05, 0.1) is 5.02 Å². The van der Waals surface area contributed by atoms with Gasteiger partial charge in [0.2, 0.25) is 0 Å². The molecule has 0 aliphatic rings. The van der Waals surface area contributed by atoms with E-state index in [9.17, 15) is 12.8 Å². The second kappa shape index (κ2) is 5.11. The van der Waals surface area contributed by atoms with E-state index in [-0.39, 0.29) is 16.4 Å². The Bertz CT molecular complexity index is 810. The third-order valence-electron chi connectivity index (χ3n) is 2.39. The molecule has 0 aliphatic heterocycles. The highest BCUT2D eigenvalue weighted by Gasteiger charge is 2.23. The third-order valence-corrected chi connectivity index (χ3v) is 4.03. The van der Waals surface area contributed by atoms with Crippen LogP contribution in [-0.2, 0) is 17.1 Å². The number of rotatable bonds is 3. The highest BCUT2D eigenvalue weighted by Crippen LogP contribution is 2.24. The zero-order chi connectivity index (χ0) is 14.9. The van der Waals surface area contributed by atoms with E-state index in [0.717, 1.165) is 6.07 Å². The van der Waals surface area contributed by atoms with Crippen LogP contribution in [-0.4, -0.2) is 18.2 Å². The van der Waals surface area contributed by atoms with Crippen LogP contribution in [0.1, 0.15) is 5.56 Å². The fourth-order valence-electron chi connectivity index (χ4n) is 1.52. The Balaban J connectivity index is 2.47. The minimum Gasteiger partial charge on any atom is -0.272 e. The molecule has 0 radical (unpaired) electrons. The van der Waals surface area contributed by atoms with E-state index < -0.39 is 20.7 Å². The van der Waals surface area contributed by atoms with Crippen LogP contribution in [0, 0.1) is 17.1 Å². The molecule has 0 aliphatic carbocycles. The van der Waals surface area contributed by atoms with E-state index >= 15 is 0 Å². The Hall–Kier alpha value is -2.11. The van der Waals surface area contributed by atoms with Gasteiger partial charge >= 0.3 is 0 Å². The molecule has 9 heteroatoms. The fourth-order valence-corrected chi connectivity index (χ4v) is 2.87. The van der Waals surface area contributed by atoms with E-state index in [1.54, 1.807) is 6.07 Å². The summed E-state index contributed by atoms with van der Waals surface area (Å²) in [6, 6.07) is 5.40. The summed E-state index contributed by atoms with van der Waals surface area (Å²) in [6.07, 6.45) is 1.34. The van der Waals surface area contributed by atoms with E-state index in [0.29, 0.717) is 0 Å². The largest absolute Gasteiger partial charge is 0.272 e. The first-order chi connectivity index (χ1) is 9.35. The number of benzene rings is 1. The quantitative estimate of drug-likeness (QED) is 0.937. The van der Waals surface area contributed by atoms with Crippen LogP contribution in [0.4, 0.5) is 10.2 Å². The first kappa shape index (κ1) is 14.3. The molecule has 0 bridgehead atoms. The van der Waals surface area contributed by atoms with Crippen LogP contribution < -0.4 is 4.72 Å². The summed E-state index contributed by atoms with van der Waals surface area (Å²) in [5.74, 6) is -1.23. The lowest BCUT2D eigenvalue weighted by Crippen LogP contribution is -2.16. The SMILES string of the molecule is Cn1cc(C#N)c(NS(=O)(=O)c2cccc(Cl)c2F)n1. The molecule has 0 saturated heterocycles. The van der Waals surface area contributed by atoms with Crippen LogP contribution in [0.3, 0.4) is 0 Å². The van der Waals surface area contributed by atoms with Crippen LogP contribution in [0.15, 0.2) is 29.3 Å². The van der Waals surface area contributed by atoms with Gasteiger partial charge in [-0.3, -0.25) is 9.40 Å². The molecule has 6 nitrogen and oxygen atoms in total. The number of sulfonamides is 1. The molecule has 2 rings (SSSR count). The predicted molar refractivity (Wildman–Crippen MR) is 70.1 cm³/mol. The molecule has 0 amide bonds. The highest BCUT2D eigenvalue weighted by atomic mass is 35.5. The molecule has 1 N–H and O–H groups in total. The molecule has 0 saturated carbocycles. The molecule has 0 spiro atoms. The van der Waals surface area contributed by atoms with Gasteiger partial charge in [-0.2, -0.15) is 10.4 Å². The Kier molecular flexibility index (Phi) is 3.65. The first-order valence-electron chi connectivity index (χ1n) is 5.25. The number of aryl methyl sites for hydroxylation is 1. The van der Waals surface area contributed by atoms with Gasteiger partial charge < -0.3 is 0 Å². The molecule has 1 aromatic heterocycles. The predicted octanol–water partition coefficient (Wildman–Crippen LogP) is 1.89. The summed E-state index contributed by atoms with van der Waals surface area (Å²) < 4.78 is 41.2. The molecule has 0 unspecified atom stereocenters. The summed E-state index contributed by atoms with van der Waals surface area (Å²) >= 11 is 5.55. The number of hydrogen-bond donors (Lipinski definition) is 1. The molecule has 20 heavy (non-hydrogen) atoms. The van der Waals surface area contributed by atoms with E-state index in [2.05, 4.69) is 9.82 Å². The minimum atomic E-state index is -4.22. The number of anilines is 1. The maximum Gasteiger partial charge on any atom is 0.266 e. The molecule has 104 valence electrons. The fraction of sp³-hybridized carbons (Fsp3) is 0.0909. The van der Waals surface area contributed by atoms with Gasteiger partial charge in [-0.05, 0) is 12.1 Å². The van der Waals surface area contributed by atoms with Crippen molar-refractivity contribution >= 4 is 27.4 Å². The van der Waals surface area contributed by atoms with Gasteiger partial charge in [-0.15, -0.1) is 0 Å². The van der Waals surface area contributed by atoms with Crippen molar-refractivity contribution in [3.8, 4) is 6.07 Å². The summed E-state index contributed by atoms with van der Waals surface area (Å²) in [7, 11) is -2.70. The lowest BCUT2D eigenvalue weighted by atomic mass is 10.3. The molecule has 0 atom stereocenters. The normalized spacial score (nSPS) is 11.1. The van der Waals surface area contributed by atoms with Crippen LogP contribution in [0.2, 0.25) is 5.02 Å². The van der Waals surface area contributed by atoms with Crippen LogP contribution in [0.25, 0.3) is 0 Å². The second-order valence-electron chi connectivity index (χ2n) is 3.83. The smallest absolute Gasteiger partial charge is 0.266 e. The Morgan fingerprint density at radius 3 is 2.85 bits per heavy atom. The van der Waals surface area contributed by atoms with Crippen molar-refractivity contribution in [3.63, 3.8) is 0 Å². The lowest BCUT2D eigenvalue weighted by molar-refractivity contribution is 0.570. The van der Waals surface area contributed by atoms with Crippen molar-refractivity contribution in [1.82, 2.24) is 9.78 Å². The standard InChI is InChI=1S/C11H8ClFN4O2S/c1-17-6-7(5-14)11(15-17)16-20(18,19)9-4-2-3-8(12)10(9)13/h2-4,6H,1H3,(H,15,16). The van der Waals surface area contributed by atoms with Gasteiger partial charge in [0.25, 0.3) is 10.0 Å². The van der Waals surface area contributed by atoms with Gasteiger partial charge in [0, 0.05) is 13.2 Å². The van der Waals surface area contributed by atoms with Gasteiger partial charge in [-0.1, -0.05) is 17.7 Å².